The van der Waals surface area contributed by atoms with Crippen LogP contribution < -0.4 is 4.72 Å². The predicted molar refractivity (Wildman–Crippen MR) is 56.9 cm³/mol. The van der Waals surface area contributed by atoms with E-state index in [2.05, 4.69) is 9.71 Å². The van der Waals surface area contributed by atoms with Gasteiger partial charge >= 0.3 is 0 Å². The fourth-order valence-corrected chi connectivity index (χ4v) is 2.34. The number of halogens is 1. The maximum absolute atomic E-state index is 12.9. The van der Waals surface area contributed by atoms with Crippen molar-refractivity contribution in [2.75, 3.05) is 7.05 Å². The van der Waals surface area contributed by atoms with E-state index in [1.807, 2.05) is 0 Å². The molecule has 0 radical (unpaired) electrons. The lowest BCUT2D eigenvalue weighted by Crippen LogP contribution is -2.22. The summed E-state index contributed by atoms with van der Waals surface area (Å²) >= 11 is 0. The number of imidazole rings is 1. The van der Waals surface area contributed by atoms with Crippen molar-refractivity contribution in [1.29, 1.82) is 0 Å². The molecule has 0 aliphatic heterocycles. The number of nitrogens with zero attached hydrogens (tertiary/aromatic N) is 2. The van der Waals surface area contributed by atoms with Crippen LogP contribution in [0.4, 0.5) is 4.39 Å². The molecule has 0 fully saturated rings. The summed E-state index contributed by atoms with van der Waals surface area (Å²) in [7, 11) is -0.756. The highest BCUT2D eigenvalue weighted by molar-refractivity contribution is 7.89. The van der Waals surface area contributed by atoms with Gasteiger partial charge in [0.2, 0.25) is 5.16 Å². The van der Waals surface area contributed by atoms with E-state index in [0.717, 1.165) is 0 Å². The molecule has 1 heterocycles. The van der Waals surface area contributed by atoms with E-state index in [1.54, 1.807) is 7.05 Å². The maximum Gasteiger partial charge on any atom is 0.274 e. The molecule has 0 unspecified atom stereocenters. The van der Waals surface area contributed by atoms with E-state index in [1.165, 1.54) is 29.8 Å². The van der Waals surface area contributed by atoms with Crippen LogP contribution in [0.5, 0.6) is 0 Å². The second-order valence-electron chi connectivity index (χ2n) is 3.29. The Balaban J connectivity index is 2.79. The largest absolute Gasteiger partial charge is 0.317 e. The Morgan fingerprint density at radius 3 is 2.75 bits per heavy atom. The van der Waals surface area contributed by atoms with E-state index in [9.17, 15) is 12.8 Å². The third-order valence-corrected chi connectivity index (χ3v) is 3.69. The first-order chi connectivity index (χ1) is 7.45. The van der Waals surface area contributed by atoms with Gasteiger partial charge < -0.3 is 4.57 Å². The molecule has 86 valence electrons. The van der Waals surface area contributed by atoms with Gasteiger partial charge in [0.15, 0.2) is 0 Å². The van der Waals surface area contributed by atoms with Gasteiger partial charge in [0, 0.05) is 13.1 Å². The zero-order valence-electron chi connectivity index (χ0n) is 8.73. The average Bonchev–Trinajstić information content (AvgIpc) is 2.56. The number of fused-ring (bicyclic) bond motifs is 1. The van der Waals surface area contributed by atoms with Crippen LogP contribution in [0.3, 0.4) is 0 Å². The highest BCUT2D eigenvalue weighted by Gasteiger charge is 2.20. The van der Waals surface area contributed by atoms with Crippen LogP contribution in [0.15, 0.2) is 23.4 Å². The van der Waals surface area contributed by atoms with Gasteiger partial charge in [-0.1, -0.05) is 0 Å². The summed E-state index contributed by atoms with van der Waals surface area (Å²) in [5, 5.41) is -0.129. The van der Waals surface area contributed by atoms with Gasteiger partial charge in [-0.25, -0.2) is 22.5 Å². The quantitative estimate of drug-likeness (QED) is 0.841. The van der Waals surface area contributed by atoms with Crippen molar-refractivity contribution in [3.8, 4) is 0 Å². The summed E-state index contributed by atoms with van der Waals surface area (Å²) in [5.41, 5.74) is 0.881. The molecule has 2 rings (SSSR count). The molecule has 0 saturated carbocycles. The van der Waals surface area contributed by atoms with Crippen LogP contribution in [0.25, 0.3) is 11.0 Å². The molecule has 16 heavy (non-hydrogen) atoms. The minimum atomic E-state index is -3.62. The summed E-state index contributed by atoms with van der Waals surface area (Å²) in [5.74, 6) is -0.445. The number of rotatable bonds is 2. The van der Waals surface area contributed by atoms with Crippen LogP contribution >= 0.6 is 0 Å². The lowest BCUT2D eigenvalue weighted by atomic mass is 10.3. The molecule has 0 aliphatic rings. The van der Waals surface area contributed by atoms with Crippen LogP contribution in [-0.2, 0) is 17.1 Å². The minimum absolute atomic E-state index is 0.129. The highest BCUT2D eigenvalue weighted by Crippen LogP contribution is 2.18. The molecular formula is C9H10FN3O2S. The first kappa shape index (κ1) is 11.0. The van der Waals surface area contributed by atoms with E-state index >= 15 is 0 Å². The molecule has 5 nitrogen and oxygen atoms in total. The molecule has 1 N–H and O–H groups in total. The van der Waals surface area contributed by atoms with Crippen molar-refractivity contribution in [3.05, 3.63) is 24.0 Å². The van der Waals surface area contributed by atoms with Crippen molar-refractivity contribution in [2.24, 2.45) is 7.05 Å². The number of aryl methyl sites for hydroxylation is 1. The van der Waals surface area contributed by atoms with Gasteiger partial charge in [-0.3, -0.25) is 0 Å². The lowest BCUT2D eigenvalue weighted by Gasteiger charge is -2.01. The van der Waals surface area contributed by atoms with Crippen molar-refractivity contribution in [2.45, 2.75) is 5.16 Å². The number of nitrogens with one attached hydrogen (secondary N) is 1. The average molecular weight is 243 g/mol. The van der Waals surface area contributed by atoms with Crippen LogP contribution in [0.1, 0.15) is 0 Å². The van der Waals surface area contributed by atoms with E-state index < -0.39 is 15.8 Å². The molecule has 7 heteroatoms. The Kier molecular flexibility index (Phi) is 2.43. The van der Waals surface area contributed by atoms with Crippen LogP contribution in [0, 0.1) is 5.82 Å². The summed E-state index contributed by atoms with van der Waals surface area (Å²) in [4.78, 5) is 3.89. The van der Waals surface area contributed by atoms with E-state index in [-0.39, 0.29) is 5.16 Å². The van der Waals surface area contributed by atoms with Crippen molar-refractivity contribution in [1.82, 2.24) is 14.3 Å². The molecule has 0 atom stereocenters. The van der Waals surface area contributed by atoms with Gasteiger partial charge in [0.05, 0.1) is 11.0 Å². The van der Waals surface area contributed by atoms with Crippen molar-refractivity contribution < 1.29 is 12.8 Å². The SMILES string of the molecule is CNS(=O)(=O)c1nc2cc(F)ccc2n1C. The smallest absolute Gasteiger partial charge is 0.274 e. The number of hydrogen-bond donors (Lipinski definition) is 1. The fourth-order valence-electron chi connectivity index (χ4n) is 1.48. The molecule has 0 aliphatic carbocycles. The molecule has 0 bridgehead atoms. The van der Waals surface area contributed by atoms with Gasteiger partial charge in [-0.2, -0.15) is 0 Å². The second kappa shape index (κ2) is 3.53. The Morgan fingerprint density at radius 1 is 1.44 bits per heavy atom. The maximum atomic E-state index is 12.9. The third-order valence-electron chi connectivity index (χ3n) is 2.31. The third kappa shape index (κ3) is 1.57. The predicted octanol–water partition coefficient (Wildman–Crippen LogP) is 0.620. The fraction of sp³-hybridized carbons (Fsp3) is 0.222. The zero-order chi connectivity index (χ0) is 11.9. The first-order valence-electron chi connectivity index (χ1n) is 4.51. The summed E-state index contributed by atoms with van der Waals surface area (Å²) < 4.78 is 39.7. The number of sulfonamides is 1. The van der Waals surface area contributed by atoms with Crippen LogP contribution in [0.2, 0.25) is 0 Å². The van der Waals surface area contributed by atoms with Crippen LogP contribution in [-0.4, -0.2) is 25.0 Å². The summed E-state index contributed by atoms with van der Waals surface area (Å²) in [6.45, 7) is 0. The number of hydrogen-bond acceptors (Lipinski definition) is 3. The Labute approximate surface area is 92.0 Å². The molecule has 2 aromatic rings. The van der Waals surface area contributed by atoms with Crippen molar-refractivity contribution >= 4 is 21.1 Å². The van der Waals surface area contributed by atoms with Gasteiger partial charge in [-0.05, 0) is 19.2 Å². The van der Waals surface area contributed by atoms with E-state index in [4.69, 9.17) is 0 Å². The summed E-state index contributed by atoms with van der Waals surface area (Å²) in [6, 6.07) is 3.95. The molecule has 1 aromatic heterocycles. The van der Waals surface area contributed by atoms with Gasteiger partial charge in [0.1, 0.15) is 5.82 Å². The normalized spacial score (nSPS) is 12.2. The molecular weight excluding hydrogens is 233 g/mol. The lowest BCUT2D eigenvalue weighted by molar-refractivity contribution is 0.572. The van der Waals surface area contributed by atoms with E-state index in [0.29, 0.717) is 11.0 Å². The second-order valence-corrected chi connectivity index (χ2v) is 5.07. The zero-order valence-corrected chi connectivity index (χ0v) is 9.55. The monoisotopic (exact) mass is 243 g/mol. The number of benzene rings is 1. The molecule has 0 spiro atoms. The standard InChI is InChI=1S/C9H10FN3O2S/c1-11-16(14,15)9-12-7-5-6(10)3-4-8(7)13(9)2/h3-5,11H,1-2H3. The molecule has 0 amide bonds. The van der Waals surface area contributed by atoms with Gasteiger partial charge in [0.25, 0.3) is 10.0 Å². The Hall–Kier alpha value is -1.47. The Morgan fingerprint density at radius 2 is 2.12 bits per heavy atom. The van der Waals surface area contributed by atoms with Gasteiger partial charge in [-0.15, -0.1) is 0 Å². The minimum Gasteiger partial charge on any atom is -0.317 e. The first-order valence-corrected chi connectivity index (χ1v) is 5.99. The topological polar surface area (TPSA) is 64.0 Å². The number of aromatic nitrogens is 2. The Bertz CT molecular complexity index is 648. The molecule has 1 aromatic carbocycles. The van der Waals surface area contributed by atoms with Crippen molar-refractivity contribution in [3.63, 3.8) is 0 Å². The highest BCUT2D eigenvalue weighted by atomic mass is 32.2. The summed E-state index contributed by atoms with van der Waals surface area (Å²) in [6.07, 6.45) is 0. The molecule has 0 saturated heterocycles.